The summed E-state index contributed by atoms with van der Waals surface area (Å²) in [6, 6.07) is 16.7. The van der Waals surface area contributed by atoms with Crippen LogP contribution >= 0.6 is 0 Å². The highest BCUT2D eigenvalue weighted by Gasteiger charge is 2.40. The topological polar surface area (TPSA) is 71.4 Å². The summed E-state index contributed by atoms with van der Waals surface area (Å²) in [6.45, 7) is 1.36. The van der Waals surface area contributed by atoms with Crippen LogP contribution < -0.4 is 10.5 Å². The molecule has 1 aromatic heterocycles. The van der Waals surface area contributed by atoms with E-state index in [0.29, 0.717) is 13.1 Å². The van der Waals surface area contributed by atoms with E-state index < -0.39 is 0 Å². The fourth-order valence-electron chi connectivity index (χ4n) is 4.40. The van der Waals surface area contributed by atoms with Gasteiger partial charge >= 0.3 is 6.03 Å². The summed E-state index contributed by atoms with van der Waals surface area (Å²) in [7, 11) is 0. The monoisotopic (exact) mass is 361 g/mol. The number of para-hydroxylation sites is 1. The van der Waals surface area contributed by atoms with Gasteiger partial charge in [0.2, 0.25) is 0 Å². The van der Waals surface area contributed by atoms with Crippen molar-refractivity contribution < 1.29 is 9.53 Å². The molecule has 0 saturated carbocycles. The Morgan fingerprint density at radius 1 is 1.07 bits per heavy atom. The van der Waals surface area contributed by atoms with Crippen LogP contribution in [0.25, 0.3) is 22.2 Å². The summed E-state index contributed by atoms with van der Waals surface area (Å²) >= 11 is 0. The average Bonchev–Trinajstić information content (AvgIpc) is 3.12. The second-order valence-electron chi connectivity index (χ2n) is 7.70. The molecule has 5 nitrogen and oxygen atoms in total. The minimum atomic E-state index is -0.330. The van der Waals surface area contributed by atoms with Gasteiger partial charge in [-0.1, -0.05) is 18.2 Å². The fourth-order valence-corrected chi connectivity index (χ4v) is 4.40. The molecule has 3 heterocycles. The second kappa shape index (κ2) is 6.05. The highest BCUT2D eigenvalue weighted by atomic mass is 16.5. The predicted octanol–water partition coefficient (Wildman–Crippen LogP) is 4.07. The van der Waals surface area contributed by atoms with Gasteiger partial charge in [-0.25, -0.2) is 4.79 Å². The third-order valence-electron chi connectivity index (χ3n) is 6.06. The molecule has 2 amide bonds. The Labute approximate surface area is 158 Å². The number of amides is 2. The number of nitrogens with one attached hydrogen (secondary N) is 1. The lowest BCUT2D eigenvalue weighted by atomic mass is 9.83. The number of aromatic nitrogens is 1. The van der Waals surface area contributed by atoms with E-state index in [9.17, 15) is 4.79 Å². The van der Waals surface area contributed by atoms with Gasteiger partial charge < -0.3 is 20.4 Å². The van der Waals surface area contributed by atoms with Gasteiger partial charge in [0.05, 0.1) is 0 Å². The predicted molar refractivity (Wildman–Crippen MR) is 106 cm³/mol. The summed E-state index contributed by atoms with van der Waals surface area (Å²) in [5.74, 6) is 0.980. The summed E-state index contributed by atoms with van der Waals surface area (Å²) in [5, 5.41) is 1.22. The number of primary amides is 1. The van der Waals surface area contributed by atoms with Gasteiger partial charge in [-0.2, -0.15) is 0 Å². The Bertz CT molecular complexity index is 982. The van der Waals surface area contributed by atoms with Crippen molar-refractivity contribution in [1.29, 1.82) is 0 Å². The Kier molecular flexibility index (Phi) is 3.64. The van der Waals surface area contributed by atoms with E-state index in [4.69, 9.17) is 10.5 Å². The maximum Gasteiger partial charge on any atom is 0.314 e. The molecule has 3 aromatic rings. The number of carbonyl (C=O) groups is 1. The van der Waals surface area contributed by atoms with Gasteiger partial charge in [-0.15, -0.1) is 0 Å². The number of nitrogens with zero attached hydrogens (tertiary/aromatic N) is 1. The van der Waals surface area contributed by atoms with Gasteiger partial charge in [0.15, 0.2) is 0 Å². The molecule has 5 heteroatoms. The minimum Gasteiger partial charge on any atom is -0.487 e. The first-order valence-electron chi connectivity index (χ1n) is 9.56. The van der Waals surface area contributed by atoms with Gasteiger partial charge in [0.25, 0.3) is 0 Å². The number of carbonyl (C=O) groups excluding carboxylic acids is 1. The Hall–Kier alpha value is -2.95. The molecule has 3 N–H and O–H groups in total. The molecule has 1 saturated heterocycles. The van der Waals surface area contributed by atoms with Crippen molar-refractivity contribution in [2.45, 2.75) is 31.3 Å². The molecule has 1 spiro atoms. The molecular formula is C22H23N3O2. The van der Waals surface area contributed by atoms with Crippen LogP contribution in [-0.4, -0.2) is 34.6 Å². The highest BCUT2D eigenvalue weighted by molar-refractivity contribution is 5.86. The lowest BCUT2D eigenvalue weighted by Crippen LogP contribution is -2.52. The third kappa shape index (κ3) is 2.83. The number of aromatic amines is 1. The number of piperidine rings is 1. The first-order chi connectivity index (χ1) is 13.1. The van der Waals surface area contributed by atoms with E-state index in [1.165, 1.54) is 16.5 Å². The molecule has 0 bridgehead atoms. The number of aryl methyl sites for hydroxylation is 1. The van der Waals surface area contributed by atoms with E-state index in [0.717, 1.165) is 42.6 Å². The second-order valence-corrected chi connectivity index (χ2v) is 7.70. The highest BCUT2D eigenvalue weighted by Crippen LogP contribution is 2.40. The SMILES string of the molecule is NC(=O)N1CCC2(CCc3cc(-c4cc5ccccc5[nH]4)ccc3O2)CC1. The maximum atomic E-state index is 11.4. The minimum absolute atomic E-state index is 0.151. The zero-order valence-electron chi connectivity index (χ0n) is 15.2. The normalized spacial score (nSPS) is 18.3. The number of nitrogens with two attached hydrogens (primary N) is 1. The average molecular weight is 361 g/mol. The molecule has 1 fully saturated rings. The van der Waals surface area contributed by atoms with Gasteiger partial charge in [-0.3, -0.25) is 0 Å². The lowest BCUT2D eigenvalue weighted by molar-refractivity contribution is -0.00471. The number of urea groups is 1. The number of likely N-dealkylation sites (tertiary alicyclic amines) is 1. The fraction of sp³-hybridized carbons (Fsp3) is 0.318. The van der Waals surface area contributed by atoms with Crippen LogP contribution in [0.2, 0.25) is 0 Å². The van der Waals surface area contributed by atoms with E-state index >= 15 is 0 Å². The third-order valence-corrected chi connectivity index (χ3v) is 6.06. The summed E-state index contributed by atoms with van der Waals surface area (Å²) < 4.78 is 6.45. The molecule has 138 valence electrons. The van der Waals surface area contributed by atoms with Crippen molar-refractivity contribution in [3.8, 4) is 17.0 Å². The molecule has 0 radical (unpaired) electrons. The largest absolute Gasteiger partial charge is 0.487 e. The van der Waals surface area contributed by atoms with Crippen LogP contribution in [0.4, 0.5) is 4.79 Å². The first-order valence-corrected chi connectivity index (χ1v) is 9.56. The van der Waals surface area contributed by atoms with Gasteiger partial charge in [0, 0.05) is 42.5 Å². The number of hydrogen-bond acceptors (Lipinski definition) is 2. The van der Waals surface area contributed by atoms with Crippen LogP contribution in [0.1, 0.15) is 24.8 Å². The summed E-state index contributed by atoms with van der Waals surface area (Å²) in [4.78, 5) is 16.6. The Morgan fingerprint density at radius 3 is 2.67 bits per heavy atom. The van der Waals surface area contributed by atoms with E-state index in [1.54, 1.807) is 4.90 Å². The zero-order valence-corrected chi connectivity index (χ0v) is 15.2. The molecule has 0 atom stereocenters. The van der Waals surface area contributed by atoms with Gasteiger partial charge in [-0.05, 0) is 54.3 Å². The van der Waals surface area contributed by atoms with Crippen molar-refractivity contribution in [1.82, 2.24) is 9.88 Å². The molecule has 2 aliphatic heterocycles. The van der Waals surface area contributed by atoms with E-state index in [-0.39, 0.29) is 11.6 Å². The molecule has 0 aliphatic carbocycles. The van der Waals surface area contributed by atoms with E-state index in [2.05, 4.69) is 47.4 Å². The number of rotatable bonds is 1. The van der Waals surface area contributed by atoms with Crippen LogP contribution in [0.5, 0.6) is 5.75 Å². The summed E-state index contributed by atoms with van der Waals surface area (Å²) in [5.41, 5.74) is 9.99. The maximum absolute atomic E-state index is 11.4. The van der Waals surface area contributed by atoms with Gasteiger partial charge in [0.1, 0.15) is 11.4 Å². The van der Waals surface area contributed by atoms with E-state index in [1.807, 2.05) is 6.07 Å². The number of H-pyrrole nitrogens is 1. The lowest BCUT2D eigenvalue weighted by Gasteiger charge is -2.44. The van der Waals surface area contributed by atoms with Crippen molar-refractivity contribution in [2.24, 2.45) is 5.73 Å². The molecule has 27 heavy (non-hydrogen) atoms. The Balaban J connectivity index is 1.39. The molecule has 2 aromatic carbocycles. The zero-order chi connectivity index (χ0) is 18.4. The van der Waals surface area contributed by atoms with Crippen molar-refractivity contribution in [3.63, 3.8) is 0 Å². The standard InChI is InChI=1S/C22H23N3O2/c23-21(26)25-11-9-22(10-12-25)8-7-17-13-16(5-6-20(17)27-22)19-14-15-3-1-2-4-18(15)24-19/h1-6,13-14,24H,7-12H2,(H2,23,26). The van der Waals surface area contributed by atoms with Crippen molar-refractivity contribution in [3.05, 3.63) is 54.1 Å². The van der Waals surface area contributed by atoms with Crippen LogP contribution in [0.3, 0.4) is 0 Å². The number of fused-ring (bicyclic) bond motifs is 2. The quantitative estimate of drug-likeness (QED) is 0.686. The smallest absolute Gasteiger partial charge is 0.314 e. The molecule has 0 unspecified atom stereocenters. The van der Waals surface area contributed by atoms with Crippen LogP contribution in [0.15, 0.2) is 48.5 Å². The van der Waals surface area contributed by atoms with Crippen molar-refractivity contribution in [2.75, 3.05) is 13.1 Å². The number of benzene rings is 2. The summed E-state index contributed by atoms with van der Waals surface area (Å²) in [6.07, 6.45) is 3.68. The number of hydrogen-bond donors (Lipinski definition) is 2. The number of ether oxygens (including phenoxy) is 1. The molecule has 2 aliphatic rings. The van der Waals surface area contributed by atoms with Crippen molar-refractivity contribution >= 4 is 16.9 Å². The van der Waals surface area contributed by atoms with Crippen LogP contribution in [0, 0.1) is 0 Å². The Morgan fingerprint density at radius 2 is 1.89 bits per heavy atom. The first kappa shape index (κ1) is 16.2. The van der Waals surface area contributed by atoms with Crippen LogP contribution in [-0.2, 0) is 6.42 Å². The molecular weight excluding hydrogens is 338 g/mol. The molecule has 5 rings (SSSR count).